The molecule has 0 unspecified atom stereocenters. The zero-order valence-electron chi connectivity index (χ0n) is 15.8. The number of ether oxygens (including phenoxy) is 2. The number of hydrazine groups is 1. The molecule has 10 nitrogen and oxygen atoms in total. The zero-order chi connectivity index (χ0) is 21.4. The minimum Gasteiger partial charge on any atom is -0.484 e. The number of furan rings is 1. The number of benzene rings is 1. The standard InChI is InChI=1S/C18H20N2O8S/c1-3-26-18(25)17-10(2)28-13-5-4-11(6-12(13)17)27-7-14(21)19-20-15(22)8-29-9-16(23)24/h4-6H,3,7-9H2,1-2H3,(H,19,21)(H,20,22)(H,23,24). The van der Waals surface area contributed by atoms with E-state index in [1.54, 1.807) is 32.0 Å². The van der Waals surface area contributed by atoms with Crippen molar-refractivity contribution in [3.63, 3.8) is 0 Å². The number of hydrogen-bond acceptors (Lipinski definition) is 8. The van der Waals surface area contributed by atoms with E-state index in [0.29, 0.717) is 28.0 Å². The van der Waals surface area contributed by atoms with Gasteiger partial charge >= 0.3 is 11.9 Å². The summed E-state index contributed by atoms with van der Waals surface area (Å²) < 4.78 is 16.0. The molecule has 0 radical (unpaired) electrons. The molecule has 3 N–H and O–H groups in total. The highest BCUT2D eigenvalue weighted by Gasteiger charge is 2.20. The summed E-state index contributed by atoms with van der Waals surface area (Å²) in [5.41, 5.74) is 5.09. The molecule has 2 rings (SSSR count). The number of carbonyl (C=O) groups is 4. The number of carboxylic acids is 1. The van der Waals surface area contributed by atoms with Crippen molar-refractivity contribution in [2.24, 2.45) is 0 Å². The topological polar surface area (TPSA) is 144 Å². The van der Waals surface area contributed by atoms with Gasteiger partial charge in [-0.3, -0.25) is 25.2 Å². The Morgan fingerprint density at radius 2 is 1.86 bits per heavy atom. The molecule has 0 atom stereocenters. The van der Waals surface area contributed by atoms with E-state index in [1.807, 2.05) is 0 Å². The van der Waals surface area contributed by atoms with Crippen LogP contribution in [0.1, 0.15) is 23.0 Å². The van der Waals surface area contributed by atoms with Gasteiger partial charge in [0.05, 0.1) is 18.1 Å². The molecule has 1 aromatic carbocycles. The number of carboxylic acid groups (broad SMARTS) is 1. The van der Waals surface area contributed by atoms with Crippen LogP contribution in [-0.4, -0.2) is 53.6 Å². The van der Waals surface area contributed by atoms with Gasteiger partial charge in [0.2, 0.25) is 5.91 Å². The molecule has 0 aliphatic carbocycles. The maximum absolute atomic E-state index is 12.1. The fourth-order valence-corrected chi connectivity index (χ4v) is 2.87. The number of carbonyl (C=O) groups excluding carboxylic acids is 3. The molecule has 156 valence electrons. The average Bonchev–Trinajstić information content (AvgIpc) is 2.99. The molecule has 0 saturated heterocycles. The average molecular weight is 424 g/mol. The Labute approximate surface area is 169 Å². The van der Waals surface area contributed by atoms with E-state index in [4.69, 9.17) is 19.0 Å². The lowest BCUT2D eigenvalue weighted by atomic mass is 10.1. The van der Waals surface area contributed by atoms with Crippen LogP contribution in [0.2, 0.25) is 0 Å². The van der Waals surface area contributed by atoms with Crippen LogP contribution in [-0.2, 0) is 19.1 Å². The number of rotatable bonds is 9. The molecule has 29 heavy (non-hydrogen) atoms. The van der Waals surface area contributed by atoms with Crippen molar-refractivity contribution in [2.75, 3.05) is 24.7 Å². The SMILES string of the molecule is CCOC(=O)c1c(C)oc2ccc(OCC(=O)NNC(=O)CSCC(=O)O)cc12. The molecule has 0 fully saturated rings. The normalized spacial score (nSPS) is 10.4. The third-order valence-electron chi connectivity index (χ3n) is 3.48. The predicted octanol–water partition coefficient (Wildman–Crippen LogP) is 1.26. The number of nitrogens with one attached hydrogen (secondary N) is 2. The van der Waals surface area contributed by atoms with Gasteiger partial charge in [-0.15, -0.1) is 11.8 Å². The minimum absolute atomic E-state index is 0.111. The van der Waals surface area contributed by atoms with Gasteiger partial charge in [0.25, 0.3) is 5.91 Å². The second-order valence-electron chi connectivity index (χ2n) is 5.68. The number of aliphatic carboxylic acids is 1. The summed E-state index contributed by atoms with van der Waals surface area (Å²) in [6, 6.07) is 4.75. The highest BCUT2D eigenvalue weighted by atomic mass is 32.2. The third-order valence-corrected chi connectivity index (χ3v) is 4.40. The molecule has 0 bridgehead atoms. The number of aryl methyl sites for hydroxylation is 1. The Morgan fingerprint density at radius 1 is 1.14 bits per heavy atom. The molecule has 2 aromatic rings. The second-order valence-corrected chi connectivity index (χ2v) is 6.67. The summed E-state index contributed by atoms with van der Waals surface area (Å²) in [6.07, 6.45) is 0. The minimum atomic E-state index is -1.03. The lowest BCUT2D eigenvalue weighted by molar-refractivity contribution is -0.134. The largest absolute Gasteiger partial charge is 0.484 e. The molecular weight excluding hydrogens is 404 g/mol. The molecular formula is C18H20N2O8S. The van der Waals surface area contributed by atoms with Crippen molar-refractivity contribution < 1.29 is 38.2 Å². The Bertz CT molecular complexity index is 924. The van der Waals surface area contributed by atoms with Crippen molar-refractivity contribution in [3.05, 3.63) is 29.5 Å². The number of amides is 2. The van der Waals surface area contributed by atoms with Gasteiger partial charge in [-0.05, 0) is 32.0 Å². The second kappa shape index (κ2) is 10.4. The number of fused-ring (bicyclic) bond motifs is 1. The fourth-order valence-electron chi connectivity index (χ4n) is 2.34. The van der Waals surface area contributed by atoms with Crippen molar-refractivity contribution in [2.45, 2.75) is 13.8 Å². The van der Waals surface area contributed by atoms with Crippen LogP contribution in [0.5, 0.6) is 5.75 Å². The van der Waals surface area contributed by atoms with Gasteiger partial charge in [-0.2, -0.15) is 0 Å². The van der Waals surface area contributed by atoms with Gasteiger partial charge in [0, 0.05) is 5.39 Å². The van der Waals surface area contributed by atoms with Gasteiger partial charge in [0.15, 0.2) is 6.61 Å². The quantitative estimate of drug-likeness (QED) is 0.400. The van der Waals surface area contributed by atoms with Crippen LogP contribution in [0.25, 0.3) is 11.0 Å². The first-order chi connectivity index (χ1) is 13.8. The summed E-state index contributed by atoms with van der Waals surface area (Å²) in [5, 5.41) is 9.00. The summed E-state index contributed by atoms with van der Waals surface area (Å²) in [7, 11) is 0. The van der Waals surface area contributed by atoms with E-state index in [0.717, 1.165) is 11.8 Å². The lowest BCUT2D eigenvalue weighted by Crippen LogP contribution is -2.44. The molecule has 0 saturated carbocycles. The van der Waals surface area contributed by atoms with E-state index >= 15 is 0 Å². The molecule has 11 heteroatoms. The first kappa shape index (κ1) is 22.1. The van der Waals surface area contributed by atoms with Crippen LogP contribution >= 0.6 is 11.8 Å². The Hall–Kier alpha value is -3.21. The third kappa shape index (κ3) is 6.42. The molecule has 0 aliphatic rings. The molecule has 1 aromatic heterocycles. The van der Waals surface area contributed by atoms with Crippen LogP contribution in [0.4, 0.5) is 0 Å². The maximum Gasteiger partial charge on any atom is 0.342 e. The smallest absolute Gasteiger partial charge is 0.342 e. The summed E-state index contributed by atoms with van der Waals surface area (Å²) in [4.78, 5) is 45.7. The highest BCUT2D eigenvalue weighted by Crippen LogP contribution is 2.29. The van der Waals surface area contributed by atoms with Crippen molar-refractivity contribution in [3.8, 4) is 5.75 Å². The van der Waals surface area contributed by atoms with Crippen LogP contribution in [0.15, 0.2) is 22.6 Å². The predicted molar refractivity (Wildman–Crippen MR) is 104 cm³/mol. The summed E-state index contributed by atoms with van der Waals surface area (Å²) >= 11 is 0.901. The van der Waals surface area contributed by atoms with Gasteiger partial charge < -0.3 is 19.0 Å². The van der Waals surface area contributed by atoms with E-state index < -0.39 is 23.8 Å². The van der Waals surface area contributed by atoms with E-state index in [9.17, 15) is 19.2 Å². The van der Waals surface area contributed by atoms with Crippen LogP contribution in [0, 0.1) is 6.92 Å². The monoisotopic (exact) mass is 424 g/mol. The fraction of sp³-hybridized carbons (Fsp3) is 0.333. The van der Waals surface area contributed by atoms with Crippen LogP contribution in [0.3, 0.4) is 0 Å². The lowest BCUT2D eigenvalue weighted by Gasteiger charge is -2.09. The molecule has 0 spiro atoms. The Balaban J connectivity index is 1.91. The first-order valence-corrected chi connectivity index (χ1v) is 9.67. The zero-order valence-corrected chi connectivity index (χ0v) is 16.6. The summed E-state index contributed by atoms with van der Waals surface area (Å²) in [6.45, 7) is 3.19. The summed E-state index contributed by atoms with van der Waals surface area (Å²) in [5.74, 6) is -2.29. The maximum atomic E-state index is 12.1. The molecule has 2 amide bonds. The van der Waals surface area contributed by atoms with Crippen molar-refractivity contribution >= 4 is 46.5 Å². The molecule has 1 heterocycles. The van der Waals surface area contributed by atoms with Gasteiger partial charge in [0.1, 0.15) is 22.7 Å². The number of esters is 1. The van der Waals surface area contributed by atoms with Crippen molar-refractivity contribution in [1.29, 1.82) is 0 Å². The molecule has 0 aliphatic heterocycles. The Morgan fingerprint density at radius 3 is 2.55 bits per heavy atom. The van der Waals surface area contributed by atoms with Crippen molar-refractivity contribution in [1.82, 2.24) is 10.9 Å². The van der Waals surface area contributed by atoms with Gasteiger partial charge in [-0.1, -0.05) is 0 Å². The number of thioether (sulfide) groups is 1. The highest BCUT2D eigenvalue weighted by molar-refractivity contribution is 8.00. The van der Waals surface area contributed by atoms with Gasteiger partial charge in [-0.25, -0.2) is 4.79 Å². The van der Waals surface area contributed by atoms with E-state index in [2.05, 4.69) is 10.9 Å². The Kier molecular flexibility index (Phi) is 7.89. The van der Waals surface area contributed by atoms with E-state index in [-0.39, 0.29) is 24.7 Å². The van der Waals surface area contributed by atoms with Crippen LogP contribution < -0.4 is 15.6 Å². The first-order valence-electron chi connectivity index (χ1n) is 8.52. The van der Waals surface area contributed by atoms with E-state index in [1.165, 1.54) is 0 Å². The number of hydrogen-bond donors (Lipinski definition) is 3.